The van der Waals surface area contributed by atoms with Crippen molar-refractivity contribution in [2.24, 2.45) is 5.41 Å². The van der Waals surface area contributed by atoms with Crippen LogP contribution in [-0.4, -0.2) is 41.9 Å². The Morgan fingerprint density at radius 2 is 1.62 bits per heavy atom. The molecule has 21 heavy (non-hydrogen) atoms. The number of rotatable bonds is 3. The molecule has 7 nitrogen and oxygen atoms in total. The van der Waals surface area contributed by atoms with Crippen molar-refractivity contribution in [3.05, 3.63) is 21.7 Å². The fraction of sp³-hybridized carbons (Fsp3) is 0.462. The summed E-state index contributed by atoms with van der Waals surface area (Å²) >= 11 is 4.87. The number of ketones is 1. The third-order valence-electron chi connectivity index (χ3n) is 2.61. The number of hydrogen-bond donors (Lipinski definition) is 1. The molecule has 1 rings (SSSR count). The van der Waals surface area contributed by atoms with Crippen LogP contribution in [0.5, 0.6) is 0 Å². The number of nitrogens with one attached hydrogen (secondary N) is 1. The zero-order chi connectivity index (χ0) is 16.4. The van der Waals surface area contributed by atoms with Gasteiger partial charge in [-0.25, -0.2) is 14.6 Å². The molecule has 1 aromatic rings. The van der Waals surface area contributed by atoms with Crippen LogP contribution in [0.15, 0.2) is 0 Å². The predicted octanol–water partition coefficient (Wildman–Crippen LogP) is 1.94. The second kappa shape index (κ2) is 6.13. The highest BCUT2D eigenvalue weighted by molar-refractivity contribution is 7.71. The van der Waals surface area contributed by atoms with E-state index in [4.69, 9.17) is 12.2 Å². The highest BCUT2D eigenvalue weighted by Gasteiger charge is 2.34. The Morgan fingerprint density at radius 1 is 1.10 bits per heavy atom. The van der Waals surface area contributed by atoms with Crippen molar-refractivity contribution in [2.75, 3.05) is 14.2 Å². The van der Waals surface area contributed by atoms with Gasteiger partial charge in [0.15, 0.2) is 16.2 Å². The molecule has 0 radical (unpaired) electrons. The van der Waals surface area contributed by atoms with Gasteiger partial charge in [-0.1, -0.05) is 20.8 Å². The van der Waals surface area contributed by atoms with Crippen molar-refractivity contribution in [2.45, 2.75) is 20.8 Å². The first-order valence-electron chi connectivity index (χ1n) is 5.99. The molecule has 0 aliphatic heterocycles. The minimum atomic E-state index is -0.854. The Hall–Kier alpha value is -2.09. The number of carbonyl (C=O) groups excluding carboxylic acids is 3. The summed E-state index contributed by atoms with van der Waals surface area (Å²) in [6, 6.07) is 0. The van der Waals surface area contributed by atoms with Crippen LogP contribution in [0.25, 0.3) is 0 Å². The van der Waals surface area contributed by atoms with Gasteiger partial charge in [-0.05, 0) is 12.2 Å². The zero-order valence-corrected chi connectivity index (χ0v) is 13.2. The third kappa shape index (κ3) is 3.52. The maximum atomic E-state index is 12.6. The van der Waals surface area contributed by atoms with Crippen molar-refractivity contribution in [1.29, 1.82) is 0 Å². The average Bonchev–Trinajstić information content (AvgIpc) is 2.42. The van der Waals surface area contributed by atoms with Gasteiger partial charge in [0.05, 0.1) is 19.8 Å². The molecule has 0 spiro atoms. The molecule has 1 heterocycles. The summed E-state index contributed by atoms with van der Waals surface area (Å²) < 4.78 is 9.09. The predicted molar refractivity (Wildman–Crippen MR) is 75.9 cm³/mol. The summed E-state index contributed by atoms with van der Waals surface area (Å²) in [6.45, 7) is 4.96. The molecule has 0 fully saturated rings. The molecule has 1 aromatic heterocycles. The van der Waals surface area contributed by atoms with Gasteiger partial charge in [-0.2, -0.15) is 0 Å². The molecule has 8 heteroatoms. The van der Waals surface area contributed by atoms with Crippen molar-refractivity contribution < 1.29 is 23.9 Å². The SMILES string of the molecule is COC(=O)c1nc(=S)[nH]c(C(=O)OC)c1C(=O)C(C)(C)C. The van der Waals surface area contributed by atoms with E-state index >= 15 is 0 Å². The second-order valence-electron chi connectivity index (χ2n) is 5.20. The fourth-order valence-corrected chi connectivity index (χ4v) is 1.76. The number of methoxy groups -OCH3 is 2. The monoisotopic (exact) mass is 312 g/mol. The number of H-pyrrole nitrogens is 1. The molecule has 0 atom stereocenters. The van der Waals surface area contributed by atoms with E-state index in [1.54, 1.807) is 20.8 Å². The molecule has 0 aliphatic carbocycles. The molecular formula is C13H16N2O5S. The molecule has 0 bridgehead atoms. The summed E-state index contributed by atoms with van der Waals surface area (Å²) in [6.07, 6.45) is 0. The summed E-state index contributed by atoms with van der Waals surface area (Å²) in [5.74, 6) is -2.13. The van der Waals surface area contributed by atoms with Gasteiger partial charge in [0.25, 0.3) is 0 Å². The van der Waals surface area contributed by atoms with Crippen LogP contribution in [0, 0.1) is 10.2 Å². The largest absolute Gasteiger partial charge is 0.464 e. The van der Waals surface area contributed by atoms with E-state index in [0.717, 1.165) is 14.2 Å². The normalized spacial score (nSPS) is 10.9. The molecule has 0 amide bonds. The summed E-state index contributed by atoms with van der Waals surface area (Å²) in [5.41, 5.74) is -1.54. The quantitative estimate of drug-likeness (QED) is 0.517. The highest BCUT2D eigenvalue weighted by Crippen LogP contribution is 2.25. The maximum Gasteiger partial charge on any atom is 0.357 e. The number of carbonyl (C=O) groups is 3. The number of aromatic amines is 1. The number of nitrogens with zero attached hydrogens (tertiary/aromatic N) is 1. The first-order chi connectivity index (χ1) is 9.63. The van der Waals surface area contributed by atoms with Crippen LogP contribution in [0.1, 0.15) is 52.1 Å². The Morgan fingerprint density at radius 3 is 2.05 bits per heavy atom. The molecule has 0 aromatic carbocycles. The molecule has 0 unspecified atom stereocenters. The maximum absolute atomic E-state index is 12.6. The van der Waals surface area contributed by atoms with E-state index in [2.05, 4.69) is 19.4 Å². The molecule has 114 valence electrons. The Labute approximate surface area is 126 Å². The van der Waals surface area contributed by atoms with Gasteiger partial charge in [0.2, 0.25) is 0 Å². The first kappa shape index (κ1) is 17.0. The number of esters is 2. The Bertz CT molecular complexity index is 617. The molecule has 1 N–H and O–H groups in total. The second-order valence-corrected chi connectivity index (χ2v) is 5.59. The van der Waals surface area contributed by atoms with E-state index < -0.39 is 23.1 Å². The first-order valence-corrected chi connectivity index (χ1v) is 6.40. The van der Waals surface area contributed by atoms with Gasteiger partial charge in [-0.15, -0.1) is 0 Å². The van der Waals surface area contributed by atoms with Crippen LogP contribution in [-0.2, 0) is 9.47 Å². The minimum Gasteiger partial charge on any atom is -0.464 e. The van der Waals surface area contributed by atoms with E-state index in [0.29, 0.717) is 0 Å². The van der Waals surface area contributed by atoms with Crippen molar-refractivity contribution >= 4 is 29.9 Å². The molecule has 0 saturated heterocycles. The van der Waals surface area contributed by atoms with Crippen LogP contribution >= 0.6 is 12.2 Å². The lowest BCUT2D eigenvalue weighted by Gasteiger charge is -2.19. The van der Waals surface area contributed by atoms with Crippen molar-refractivity contribution in [1.82, 2.24) is 9.97 Å². The van der Waals surface area contributed by atoms with E-state index in [1.807, 2.05) is 0 Å². The van der Waals surface area contributed by atoms with Gasteiger partial charge in [0, 0.05) is 5.41 Å². The number of Topliss-reactive ketones (excluding diaryl/α,β-unsaturated/α-hetero) is 1. The molecular weight excluding hydrogens is 296 g/mol. The van der Waals surface area contributed by atoms with Gasteiger partial charge in [0.1, 0.15) is 5.69 Å². The number of ether oxygens (including phenoxy) is 2. The van der Waals surface area contributed by atoms with Gasteiger partial charge < -0.3 is 14.5 Å². The zero-order valence-electron chi connectivity index (χ0n) is 12.4. The Kier molecular flexibility index (Phi) is 4.95. The topological polar surface area (TPSA) is 98.3 Å². The lowest BCUT2D eigenvalue weighted by molar-refractivity contribution is 0.0577. The van der Waals surface area contributed by atoms with Crippen LogP contribution in [0.3, 0.4) is 0 Å². The standard InChI is InChI=1S/C13H16N2O5S/c1-13(2,3)9(16)6-7(10(17)19-4)14-12(21)15-8(6)11(18)20-5/h1-5H3,(H,14,15,21). The van der Waals surface area contributed by atoms with E-state index in [-0.39, 0.29) is 21.7 Å². The average molecular weight is 312 g/mol. The van der Waals surface area contributed by atoms with Crippen LogP contribution in [0.2, 0.25) is 0 Å². The summed E-state index contributed by atoms with van der Waals surface area (Å²) in [7, 11) is 2.30. The smallest absolute Gasteiger partial charge is 0.357 e. The highest BCUT2D eigenvalue weighted by atomic mass is 32.1. The lowest BCUT2D eigenvalue weighted by atomic mass is 9.85. The lowest BCUT2D eigenvalue weighted by Crippen LogP contribution is -2.28. The third-order valence-corrected chi connectivity index (χ3v) is 2.80. The number of aromatic nitrogens is 2. The Balaban J connectivity index is 3.77. The van der Waals surface area contributed by atoms with Crippen LogP contribution < -0.4 is 0 Å². The van der Waals surface area contributed by atoms with E-state index in [1.165, 1.54) is 0 Å². The summed E-state index contributed by atoms with van der Waals surface area (Å²) in [5, 5.41) is 0. The fourth-order valence-electron chi connectivity index (χ4n) is 1.57. The minimum absolute atomic E-state index is 0.124. The molecule has 0 aliphatic rings. The number of hydrogen-bond acceptors (Lipinski definition) is 7. The molecule has 0 saturated carbocycles. The van der Waals surface area contributed by atoms with Gasteiger partial charge in [-0.3, -0.25) is 4.79 Å². The van der Waals surface area contributed by atoms with Crippen molar-refractivity contribution in [3.63, 3.8) is 0 Å². The van der Waals surface area contributed by atoms with Crippen molar-refractivity contribution in [3.8, 4) is 0 Å². The van der Waals surface area contributed by atoms with E-state index in [9.17, 15) is 14.4 Å². The summed E-state index contributed by atoms with van der Waals surface area (Å²) in [4.78, 5) is 42.5. The van der Waals surface area contributed by atoms with Crippen LogP contribution in [0.4, 0.5) is 0 Å². The van der Waals surface area contributed by atoms with Gasteiger partial charge >= 0.3 is 11.9 Å².